The number of nitrogens with zero attached hydrogens (tertiary/aromatic N) is 4. The zero-order valence-electron chi connectivity index (χ0n) is 18.3. The number of rotatable bonds is 4. The number of imidazole rings is 1. The Morgan fingerprint density at radius 1 is 1.03 bits per heavy atom. The molecule has 2 N–H and O–H groups in total. The number of hydrogen-bond donors (Lipinski definition) is 2. The number of fused-ring (bicyclic) bond motifs is 2. The van der Waals surface area contributed by atoms with Crippen molar-refractivity contribution in [3.8, 4) is 11.3 Å². The first-order valence-corrected chi connectivity index (χ1v) is 11.4. The maximum Gasteiger partial charge on any atom is 0.180 e. The fraction of sp³-hybridized carbons (Fsp3) is 0.280. The van der Waals surface area contributed by atoms with Crippen LogP contribution in [0.25, 0.3) is 16.9 Å². The van der Waals surface area contributed by atoms with Crippen molar-refractivity contribution >= 4 is 22.8 Å². The quantitative estimate of drug-likeness (QED) is 0.473. The van der Waals surface area contributed by atoms with Gasteiger partial charge in [0.05, 0.1) is 25.5 Å². The van der Waals surface area contributed by atoms with E-state index in [2.05, 4.69) is 57.7 Å². The predicted molar refractivity (Wildman–Crippen MR) is 128 cm³/mol. The molecule has 4 aromatic rings. The molecule has 168 valence electrons. The zero-order chi connectivity index (χ0) is 22.2. The van der Waals surface area contributed by atoms with Crippen LogP contribution in [-0.4, -0.2) is 47.2 Å². The summed E-state index contributed by atoms with van der Waals surface area (Å²) in [6, 6.07) is 14.7. The molecule has 2 aliphatic rings. The van der Waals surface area contributed by atoms with E-state index in [1.807, 2.05) is 16.8 Å². The van der Waals surface area contributed by atoms with Gasteiger partial charge in [0.1, 0.15) is 6.54 Å². The van der Waals surface area contributed by atoms with Gasteiger partial charge in [0.2, 0.25) is 0 Å². The monoisotopic (exact) mass is 442 g/mol. The summed E-state index contributed by atoms with van der Waals surface area (Å²) < 4.78 is 7.44. The molecule has 8 nitrogen and oxygen atoms in total. The largest absolute Gasteiger partial charge is 0.634 e. The van der Waals surface area contributed by atoms with Gasteiger partial charge < -0.3 is 29.6 Å². The number of morpholine rings is 1. The van der Waals surface area contributed by atoms with Crippen molar-refractivity contribution < 1.29 is 9.80 Å². The number of anilines is 3. The first-order valence-electron chi connectivity index (χ1n) is 11.4. The van der Waals surface area contributed by atoms with Crippen LogP contribution in [0.15, 0.2) is 61.1 Å². The van der Waals surface area contributed by atoms with Gasteiger partial charge in [-0.2, -0.15) is 0 Å². The maximum atomic E-state index is 11.9. The van der Waals surface area contributed by atoms with Crippen LogP contribution < -0.4 is 15.3 Å². The number of nitrogens with one attached hydrogen (secondary N) is 2. The van der Waals surface area contributed by atoms with E-state index in [4.69, 9.17) is 9.72 Å². The molecule has 8 heteroatoms. The SMILES string of the molecule is [O-][NH+]1CCc2ccc(-c3cn4ccnc4c(Nc4ccc(N5CCOCC5)cc4)n3)cc2C1. The van der Waals surface area contributed by atoms with Gasteiger partial charge in [-0.25, -0.2) is 9.97 Å². The predicted octanol–water partition coefficient (Wildman–Crippen LogP) is 2.42. The van der Waals surface area contributed by atoms with Gasteiger partial charge in [0.25, 0.3) is 0 Å². The molecular weight excluding hydrogens is 416 g/mol. The van der Waals surface area contributed by atoms with E-state index in [-0.39, 0.29) is 0 Å². The Hall–Kier alpha value is -3.46. The summed E-state index contributed by atoms with van der Waals surface area (Å²) in [4.78, 5) is 11.7. The zero-order valence-corrected chi connectivity index (χ0v) is 18.3. The van der Waals surface area contributed by atoms with Crippen LogP contribution in [0, 0.1) is 5.21 Å². The van der Waals surface area contributed by atoms with E-state index in [0.29, 0.717) is 24.0 Å². The molecule has 2 aromatic carbocycles. The van der Waals surface area contributed by atoms with Crippen LogP contribution in [0.1, 0.15) is 11.1 Å². The summed E-state index contributed by atoms with van der Waals surface area (Å²) in [5.74, 6) is 0.699. The van der Waals surface area contributed by atoms with Crippen LogP contribution in [0.2, 0.25) is 0 Å². The van der Waals surface area contributed by atoms with Gasteiger partial charge in [0, 0.05) is 60.6 Å². The molecule has 33 heavy (non-hydrogen) atoms. The minimum absolute atomic E-state index is 0.306. The summed E-state index contributed by atoms with van der Waals surface area (Å²) in [5, 5.41) is 15.7. The Bertz CT molecular complexity index is 1280. The third-order valence-electron chi connectivity index (χ3n) is 6.44. The summed E-state index contributed by atoms with van der Waals surface area (Å²) in [6.45, 7) is 4.52. The molecular formula is C25H26N6O2. The lowest BCUT2D eigenvalue weighted by Gasteiger charge is -2.29. The van der Waals surface area contributed by atoms with Crippen LogP contribution in [0.3, 0.4) is 0 Å². The number of quaternary nitrogens is 1. The molecule has 0 amide bonds. The number of hydroxylamine groups is 2. The maximum absolute atomic E-state index is 11.9. The fourth-order valence-corrected chi connectivity index (χ4v) is 4.64. The molecule has 0 radical (unpaired) electrons. The molecule has 1 saturated heterocycles. The highest BCUT2D eigenvalue weighted by Crippen LogP contribution is 2.27. The minimum Gasteiger partial charge on any atom is -0.634 e. The Kier molecular flexibility index (Phi) is 5.18. The Balaban J connectivity index is 1.31. The average molecular weight is 443 g/mol. The Labute approximate surface area is 192 Å². The molecule has 0 spiro atoms. The number of hydrogen-bond acceptors (Lipinski definition) is 6. The van der Waals surface area contributed by atoms with Gasteiger partial charge in [-0.15, -0.1) is 0 Å². The van der Waals surface area contributed by atoms with Crippen LogP contribution >= 0.6 is 0 Å². The van der Waals surface area contributed by atoms with Gasteiger partial charge in [-0.05, 0) is 35.9 Å². The molecule has 0 aliphatic carbocycles. The fourth-order valence-electron chi connectivity index (χ4n) is 4.64. The van der Waals surface area contributed by atoms with Crippen molar-refractivity contribution in [1.29, 1.82) is 0 Å². The van der Waals surface area contributed by atoms with Gasteiger partial charge >= 0.3 is 0 Å². The second kappa shape index (κ2) is 8.47. The topological polar surface area (TPSA) is 82.2 Å². The summed E-state index contributed by atoms with van der Waals surface area (Å²) >= 11 is 0. The highest BCUT2D eigenvalue weighted by Gasteiger charge is 2.17. The summed E-state index contributed by atoms with van der Waals surface area (Å²) in [5.41, 5.74) is 7.14. The molecule has 6 rings (SSSR count). The highest BCUT2D eigenvalue weighted by molar-refractivity contribution is 5.74. The normalized spacial score (nSPS) is 18.3. The third kappa shape index (κ3) is 4.04. The number of ether oxygens (including phenoxy) is 1. The van der Waals surface area contributed by atoms with Crippen molar-refractivity contribution in [3.05, 3.63) is 77.4 Å². The lowest BCUT2D eigenvalue weighted by atomic mass is 9.97. The minimum atomic E-state index is 0.306. The lowest BCUT2D eigenvalue weighted by molar-refractivity contribution is -0.864. The van der Waals surface area contributed by atoms with Crippen molar-refractivity contribution in [3.63, 3.8) is 0 Å². The molecule has 0 bridgehead atoms. The van der Waals surface area contributed by atoms with Crippen molar-refractivity contribution in [2.24, 2.45) is 0 Å². The highest BCUT2D eigenvalue weighted by atomic mass is 16.5. The van der Waals surface area contributed by atoms with E-state index < -0.39 is 0 Å². The molecule has 2 aromatic heterocycles. The van der Waals surface area contributed by atoms with E-state index in [1.165, 1.54) is 11.3 Å². The third-order valence-corrected chi connectivity index (χ3v) is 6.44. The Morgan fingerprint density at radius 3 is 2.73 bits per heavy atom. The van der Waals surface area contributed by atoms with Crippen molar-refractivity contribution in [2.75, 3.05) is 43.1 Å². The van der Waals surface area contributed by atoms with Crippen LogP contribution in [0.4, 0.5) is 17.2 Å². The van der Waals surface area contributed by atoms with Crippen molar-refractivity contribution in [1.82, 2.24) is 14.4 Å². The van der Waals surface area contributed by atoms with Gasteiger partial charge in [0.15, 0.2) is 11.5 Å². The van der Waals surface area contributed by atoms with E-state index in [0.717, 1.165) is 60.9 Å². The Morgan fingerprint density at radius 2 is 1.88 bits per heavy atom. The summed E-state index contributed by atoms with van der Waals surface area (Å²) in [6.07, 6.45) is 6.52. The van der Waals surface area contributed by atoms with E-state index >= 15 is 0 Å². The second-order valence-electron chi connectivity index (χ2n) is 8.60. The second-order valence-corrected chi connectivity index (χ2v) is 8.60. The van der Waals surface area contributed by atoms with Crippen LogP contribution in [0.5, 0.6) is 0 Å². The molecule has 4 heterocycles. The first-order chi connectivity index (χ1) is 16.2. The molecule has 2 aliphatic heterocycles. The molecule has 1 fully saturated rings. The average Bonchev–Trinajstić information content (AvgIpc) is 3.34. The summed E-state index contributed by atoms with van der Waals surface area (Å²) in [7, 11) is 0. The van der Waals surface area contributed by atoms with E-state index in [1.54, 1.807) is 6.20 Å². The van der Waals surface area contributed by atoms with Gasteiger partial charge in [-0.3, -0.25) is 0 Å². The number of aromatic nitrogens is 3. The molecule has 1 atom stereocenters. The number of benzene rings is 2. The lowest BCUT2D eigenvalue weighted by Crippen LogP contribution is -3.06. The van der Waals surface area contributed by atoms with E-state index in [9.17, 15) is 5.21 Å². The smallest absolute Gasteiger partial charge is 0.180 e. The molecule has 0 saturated carbocycles. The standard InChI is InChI=1S/C25H26N6O2/c32-31-9-7-18-1-2-19(15-20(18)16-31)23-17-30-10-8-26-25(30)24(28-23)27-21-3-5-22(6-4-21)29-11-13-33-14-12-29/h1-6,8,10,15,17,31H,7,9,11-14,16H2,(H,27,28). The van der Waals surface area contributed by atoms with Crippen LogP contribution in [-0.2, 0) is 17.7 Å². The first kappa shape index (κ1) is 20.2. The van der Waals surface area contributed by atoms with Crippen molar-refractivity contribution in [2.45, 2.75) is 13.0 Å². The molecule has 1 unspecified atom stereocenters. The van der Waals surface area contributed by atoms with Gasteiger partial charge in [-0.1, -0.05) is 12.1 Å².